The van der Waals surface area contributed by atoms with Crippen molar-refractivity contribution in [2.24, 2.45) is 5.73 Å². The predicted molar refractivity (Wildman–Crippen MR) is 46.8 cm³/mol. The number of rotatable bonds is 4. The van der Waals surface area contributed by atoms with E-state index in [4.69, 9.17) is 5.73 Å². The summed E-state index contributed by atoms with van der Waals surface area (Å²) >= 11 is 0. The average molecular weight is 137 g/mol. The molecule has 0 saturated carbocycles. The summed E-state index contributed by atoms with van der Waals surface area (Å²) in [7, 11) is 0. The minimum atomic E-state index is 0.554. The van der Waals surface area contributed by atoms with E-state index < -0.39 is 0 Å². The first-order chi connectivity index (χ1) is 4.79. The van der Waals surface area contributed by atoms with E-state index in [0.717, 1.165) is 12.0 Å². The topological polar surface area (TPSA) is 26.0 Å². The van der Waals surface area contributed by atoms with Gasteiger partial charge in [0.25, 0.3) is 0 Å². The van der Waals surface area contributed by atoms with Gasteiger partial charge in [-0.15, -0.1) is 0 Å². The van der Waals surface area contributed by atoms with Gasteiger partial charge in [-0.1, -0.05) is 32.2 Å². The maximum absolute atomic E-state index is 5.46. The van der Waals surface area contributed by atoms with E-state index in [1.165, 1.54) is 5.57 Å². The van der Waals surface area contributed by atoms with Crippen molar-refractivity contribution in [3.05, 3.63) is 36.5 Å². The summed E-state index contributed by atoms with van der Waals surface area (Å²) in [5, 5.41) is 0. The Morgan fingerprint density at radius 1 is 1.30 bits per heavy atom. The average Bonchev–Trinajstić information content (AvgIpc) is 2.00. The number of hydrogen-bond donors (Lipinski definition) is 1. The Balaban J connectivity index is 4.50. The van der Waals surface area contributed by atoms with Crippen molar-refractivity contribution in [1.82, 2.24) is 0 Å². The Morgan fingerprint density at radius 2 is 1.80 bits per heavy atom. The van der Waals surface area contributed by atoms with Gasteiger partial charge in [0, 0.05) is 6.54 Å². The summed E-state index contributed by atoms with van der Waals surface area (Å²) in [4.78, 5) is 0. The normalized spacial score (nSPS) is 12.2. The first kappa shape index (κ1) is 9.18. The van der Waals surface area contributed by atoms with Gasteiger partial charge in [0.1, 0.15) is 0 Å². The Bertz CT molecular complexity index is 136. The molecule has 0 rings (SSSR count). The predicted octanol–water partition coefficient (Wildman–Crippen LogP) is 2.02. The summed E-state index contributed by atoms with van der Waals surface area (Å²) < 4.78 is 0. The largest absolute Gasteiger partial charge is 0.326 e. The maximum atomic E-state index is 5.46. The Hall–Kier alpha value is -0.820. The van der Waals surface area contributed by atoms with Crippen LogP contribution in [0.4, 0.5) is 0 Å². The summed E-state index contributed by atoms with van der Waals surface area (Å²) in [5.41, 5.74) is 7.75. The highest BCUT2D eigenvalue weighted by Gasteiger charge is 1.93. The molecular weight excluding hydrogens is 122 g/mol. The van der Waals surface area contributed by atoms with Crippen LogP contribution in [0.25, 0.3) is 0 Å². The smallest absolute Gasteiger partial charge is 0.0180 e. The van der Waals surface area contributed by atoms with E-state index in [-0.39, 0.29) is 0 Å². The molecule has 56 valence electrons. The molecule has 0 aliphatic carbocycles. The molecule has 10 heavy (non-hydrogen) atoms. The van der Waals surface area contributed by atoms with Crippen molar-refractivity contribution in [3.8, 4) is 0 Å². The lowest BCUT2D eigenvalue weighted by Gasteiger charge is -2.02. The molecule has 0 aromatic heterocycles. The van der Waals surface area contributed by atoms with Crippen LogP contribution in [0, 0.1) is 0 Å². The van der Waals surface area contributed by atoms with Gasteiger partial charge in [0.05, 0.1) is 0 Å². The maximum Gasteiger partial charge on any atom is 0.0180 e. The summed E-state index contributed by atoms with van der Waals surface area (Å²) in [5.74, 6) is 0. The van der Waals surface area contributed by atoms with Crippen LogP contribution in [0.3, 0.4) is 0 Å². The lowest BCUT2D eigenvalue weighted by molar-refractivity contribution is 1.07. The fourth-order valence-corrected chi connectivity index (χ4v) is 0.848. The van der Waals surface area contributed by atoms with Gasteiger partial charge in [0.15, 0.2) is 0 Å². The molecule has 0 fully saturated rings. The van der Waals surface area contributed by atoms with Crippen LogP contribution in [-0.4, -0.2) is 6.54 Å². The summed E-state index contributed by atoms with van der Waals surface area (Å²) in [6.07, 6.45) is 4.60. The van der Waals surface area contributed by atoms with Gasteiger partial charge >= 0.3 is 0 Å². The van der Waals surface area contributed by atoms with Crippen LogP contribution in [0.2, 0.25) is 0 Å². The Labute approximate surface area is 62.9 Å². The zero-order chi connectivity index (χ0) is 7.98. The van der Waals surface area contributed by atoms with Gasteiger partial charge in [0.2, 0.25) is 0 Å². The Morgan fingerprint density at radius 3 is 1.90 bits per heavy atom. The van der Waals surface area contributed by atoms with E-state index >= 15 is 0 Å². The van der Waals surface area contributed by atoms with E-state index in [0.29, 0.717) is 6.54 Å². The van der Waals surface area contributed by atoms with Crippen LogP contribution in [0.15, 0.2) is 36.5 Å². The summed E-state index contributed by atoms with van der Waals surface area (Å²) in [6.45, 7) is 9.98. The first-order valence-electron chi connectivity index (χ1n) is 3.47. The highest BCUT2D eigenvalue weighted by molar-refractivity contribution is 5.31. The molecule has 1 nitrogen and oxygen atoms in total. The van der Waals surface area contributed by atoms with Crippen molar-refractivity contribution in [2.45, 2.75) is 13.3 Å². The minimum absolute atomic E-state index is 0.554. The molecule has 1 heteroatoms. The standard InChI is InChI=1S/C9H15N/c1-4-8(5-2)9(6-3)7-10/h4,6H,1,3,5,7,10H2,2H3/b9-8-. The quantitative estimate of drug-likeness (QED) is 0.589. The molecular formula is C9H15N. The summed E-state index contributed by atoms with van der Waals surface area (Å²) in [6, 6.07) is 0. The van der Waals surface area contributed by atoms with E-state index in [1.807, 2.05) is 6.08 Å². The highest BCUT2D eigenvalue weighted by atomic mass is 14.5. The third kappa shape index (κ3) is 2.19. The van der Waals surface area contributed by atoms with E-state index in [9.17, 15) is 0 Å². The first-order valence-corrected chi connectivity index (χ1v) is 3.47. The molecule has 0 aromatic rings. The molecule has 0 saturated heterocycles. The molecule has 0 heterocycles. The fraction of sp³-hybridized carbons (Fsp3) is 0.333. The molecule has 0 amide bonds. The van der Waals surface area contributed by atoms with Crippen molar-refractivity contribution < 1.29 is 0 Å². The lowest BCUT2D eigenvalue weighted by atomic mass is 10.1. The highest BCUT2D eigenvalue weighted by Crippen LogP contribution is 2.08. The van der Waals surface area contributed by atoms with Gasteiger partial charge in [-0.25, -0.2) is 0 Å². The third-order valence-corrected chi connectivity index (χ3v) is 1.51. The molecule has 0 spiro atoms. The lowest BCUT2D eigenvalue weighted by Crippen LogP contribution is -2.02. The number of allylic oxidation sites excluding steroid dienone is 2. The van der Waals surface area contributed by atoms with Gasteiger partial charge in [-0.3, -0.25) is 0 Å². The van der Waals surface area contributed by atoms with Crippen LogP contribution in [0.1, 0.15) is 13.3 Å². The zero-order valence-corrected chi connectivity index (χ0v) is 6.56. The van der Waals surface area contributed by atoms with Crippen molar-refractivity contribution in [1.29, 1.82) is 0 Å². The van der Waals surface area contributed by atoms with Gasteiger partial charge < -0.3 is 5.73 Å². The second-order valence-electron chi connectivity index (χ2n) is 2.02. The van der Waals surface area contributed by atoms with Crippen molar-refractivity contribution in [2.75, 3.05) is 6.54 Å². The Kier molecular flexibility index (Phi) is 4.59. The molecule has 0 atom stereocenters. The molecule has 0 bridgehead atoms. The van der Waals surface area contributed by atoms with Crippen LogP contribution >= 0.6 is 0 Å². The molecule has 0 radical (unpaired) electrons. The third-order valence-electron chi connectivity index (χ3n) is 1.51. The molecule has 0 aliphatic rings. The number of hydrogen-bond acceptors (Lipinski definition) is 1. The minimum Gasteiger partial charge on any atom is -0.326 e. The van der Waals surface area contributed by atoms with Crippen LogP contribution < -0.4 is 5.73 Å². The van der Waals surface area contributed by atoms with Gasteiger partial charge in [-0.2, -0.15) is 0 Å². The fourth-order valence-electron chi connectivity index (χ4n) is 0.848. The number of nitrogens with two attached hydrogens (primary N) is 1. The zero-order valence-electron chi connectivity index (χ0n) is 6.56. The van der Waals surface area contributed by atoms with E-state index in [1.54, 1.807) is 6.08 Å². The SMILES string of the molecule is C=C/C(CC)=C(\C=C)CN. The van der Waals surface area contributed by atoms with Crippen molar-refractivity contribution in [3.63, 3.8) is 0 Å². The monoisotopic (exact) mass is 137 g/mol. The van der Waals surface area contributed by atoms with Gasteiger partial charge in [-0.05, 0) is 17.6 Å². The van der Waals surface area contributed by atoms with Crippen molar-refractivity contribution >= 4 is 0 Å². The molecule has 2 N–H and O–H groups in total. The molecule has 0 aromatic carbocycles. The van der Waals surface area contributed by atoms with E-state index in [2.05, 4.69) is 20.1 Å². The second kappa shape index (κ2) is 5.00. The second-order valence-corrected chi connectivity index (χ2v) is 2.02. The van der Waals surface area contributed by atoms with Crippen LogP contribution in [0.5, 0.6) is 0 Å². The van der Waals surface area contributed by atoms with Crippen LogP contribution in [-0.2, 0) is 0 Å². The molecule has 0 unspecified atom stereocenters. The molecule has 0 aliphatic heterocycles.